The SMILES string of the molecule is Cc1cc(Cl)ccc1OC(C)C(=O)NCc1ccc(OC(F)F)cc1. The highest BCUT2D eigenvalue weighted by Crippen LogP contribution is 2.23. The van der Waals surface area contributed by atoms with Gasteiger partial charge in [-0.05, 0) is 55.3 Å². The number of amides is 1. The first-order valence-corrected chi connectivity index (χ1v) is 7.97. The number of aryl methyl sites for hydroxylation is 1. The topological polar surface area (TPSA) is 47.6 Å². The maximum absolute atomic E-state index is 12.1. The third-order valence-electron chi connectivity index (χ3n) is 3.43. The molecule has 2 aromatic rings. The van der Waals surface area contributed by atoms with Gasteiger partial charge in [-0.3, -0.25) is 4.79 Å². The van der Waals surface area contributed by atoms with Gasteiger partial charge in [0.2, 0.25) is 0 Å². The van der Waals surface area contributed by atoms with Gasteiger partial charge in [-0.15, -0.1) is 0 Å². The van der Waals surface area contributed by atoms with Gasteiger partial charge in [-0.1, -0.05) is 23.7 Å². The van der Waals surface area contributed by atoms with Gasteiger partial charge < -0.3 is 14.8 Å². The molecule has 4 nitrogen and oxygen atoms in total. The number of hydrogen-bond donors (Lipinski definition) is 1. The van der Waals surface area contributed by atoms with Crippen LogP contribution in [0.3, 0.4) is 0 Å². The van der Waals surface area contributed by atoms with E-state index in [0.717, 1.165) is 11.1 Å². The van der Waals surface area contributed by atoms with Gasteiger partial charge in [0.15, 0.2) is 6.10 Å². The highest BCUT2D eigenvalue weighted by Gasteiger charge is 2.15. The average molecular weight is 370 g/mol. The van der Waals surface area contributed by atoms with E-state index in [1.165, 1.54) is 12.1 Å². The molecule has 134 valence electrons. The highest BCUT2D eigenvalue weighted by molar-refractivity contribution is 6.30. The lowest BCUT2D eigenvalue weighted by Crippen LogP contribution is -2.36. The van der Waals surface area contributed by atoms with Gasteiger partial charge in [0.05, 0.1) is 0 Å². The summed E-state index contributed by atoms with van der Waals surface area (Å²) in [5.41, 5.74) is 1.59. The summed E-state index contributed by atoms with van der Waals surface area (Å²) in [5, 5.41) is 3.33. The van der Waals surface area contributed by atoms with Crippen LogP contribution in [-0.4, -0.2) is 18.6 Å². The summed E-state index contributed by atoms with van der Waals surface area (Å²) in [6.45, 7) is 0.874. The van der Waals surface area contributed by atoms with Crippen LogP contribution in [0.25, 0.3) is 0 Å². The Morgan fingerprint density at radius 2 is 1.84 bits per heavy atom. The first-order valence-electron chi connectivity index (χ1n) is 7.59. The monoisotopic (exact) mass is 369 g/mol. The minimum atomic E-state index is -2.86. The lowest BCUT2D eigenvalue weighted by Gasteiger charge is -2.16. The Bertz CT molecular complexity index is 723. The minimum absolute atomic E-state index is 0.0694. The van der Waals surface area contributed by atoms with Crippen molar-refractivity contribution in [2.24, 2.45) is 0 Å². The third-order valence-corrected chi connectivity index (χ3v) is 3.66. The van der Waals surface area contributed by atoms with Crippen LogP contribution in [-0.2, 0) is 11.3 Å². The molecule has 0 fully saturated rings. The van der Waals surface area contributed by atoms with E-state index >= 15 is 0 Å². The molecule has 7 heteroatoms. The second-order valence-corrected chi connectivity index (χ2v) is 5.85. The summed E-state index contributed by atoms with van der Waals surface area (Å²) in [6, 6.07) is 11.2. The normalized spacial score (nSPS) is 11.9. The van der Waals surface area contributed by atoms with Crippen molar-refractivity contribution in [2.45, 2.75) is 33.1 Å². The van der Waals surface area contributed by atoms with Crippen LogP contribution < -0.4 is 14.8 Å². The summed E-state index contributed by atoms with van der Waals surface area (Å²) in [7, 11) is 0. The van der Waals surface area contributed by atoms with Crippen LogP contribution in [0, 0.1) is 6.92 Å². The molecule has 1 amide bonds. The molecule has 2 rings (SSSR count). The van der Waals surface area contributed by atoms with E-state index in [0.29, 0.717) is 10.8 Å². The molecule has 0 bridgehead atoms. The lowest BCUT2D eigenvalue weighted by molar-refractivity contribution is -0.127. The molecule has 1 atom stereocenters. The lowest BCUT2D eigenvalue weighted by atomic mass is 10.2. The number of ether oxygens (including phenoxy) is 2. The van der Waals surface area contributed by atoms with Crippen molar-refractivity contribution >= 4 is 17.5 Å². The maximum Gasteiger partial charge on any atom is 0.387 e. The first-order chi connectivity index (χ1) is 11.8. The van der Waals surface area contributed by atoms with Crippen LogP contribution in [0.4, 0.5) is 8.78 Å². The average Bonchev–Trinajstić information content (AvgIpc) is 2.56. The van der Waals surface area contributed by atoms with Gasteiger partial charge in [0, 0.05) is 11.6 Å². The molecule has 1 unspecified atom stereocenters. The van der Waals surface area contributed by atoms with E-state index in [1.54, 1.807) is 37.3 Å². The smallest absolute Gasteiger partial charge is 0.387 e. The quantitative estimate of drug-likeness (QED) is 0.790. The predicted octanol–water partition coefficient (Wildman–Crippen LogP) is 4.33. The van der Waals surface area contributed by atoms with Crippen molar-refractivity contribution < 1.29 is 23.0 Å². The molecule has 0 aliphatic carbocycles. The summed E-state index contributed by atoms with van der Waals surface area (Å²) in [6.07, 6.45) is -0.693. The number of carbonyl (C=O) groups is 1. The summed E-state index contributed by atoms with van der Waals surface area (Å²) >= 11 is 5.89. The zero-order valence-electron chi connectivity index (χ0n) is 13.8. The van der Waals surface area contributed by atoms with Gasteiger partial charge in [-0.25, -0.2) is 0 Å². The number of hydrogen-bond acceptors (Lipinski definition) is 3. The predicted molar refractivity (Wildman–Crippen MR) is 91.2 cm³/mol. The van der Waals surface area contributed by atoms with Crippen molar-refractivity contribution in [2.75, 3.05) is 0 Å². The molecule has 0 saturated carbocycles. The Balaban J connectivity index is 1.86. The third kappa shape index (κ3) is 5.90. The fourth-order valence-electron chi connectivity index (χ4n) is 2.11. The number of alkyl halides is 2. The van der Waals surface area contributed by atoms with Gasteiger partial charge in [0.1, 0.15) is 11.5 Å². The molecule has 0 radical (unpaired) electrons. The number of halogens is 3. The van der Waals surface area contributed by atoms with Gasteiger partial charge >= 0.3 is 6.61 Å². The maximum atomic E-state index is 12.1. The Kier molecular flexibility index (Phi) is 6.58. The second-order valence-electron chi connectivity index (χ2n) is 5.41. The van der Waals surface area contributed by atoms with Crippen LogP contribution in [0.2, 0.25) is 5.02 Å². The van der Waals surface area contributed by atoms with Crippen molar-refractivity contribution in [3.8, 4) is 11.5 Å². The Labute approximate surface area is 149 Å². The zero-order chi connectivity index (χ0) is 18.4. The van der Waals surface area contributed by atoms with E-state index in [9.17, 15) is 13.6 Å². The zero-order valence-corrected chi connectivity index (χ0v) is 14.5. The Hall–Kier alpha value is -2.34. The molecule has 0 aliphatic rings. The molecule has 0 aliphatic heterocycles. The molecular weight excluding hydrogens is 352 g/mol. The van der Waals surface area contributed by atoms with E-state index in [-0.39, 0.29) is 18.2 Å². The molecule has 0 saturated heterocycles. The number of benzene rings is 2. The van der Waals surface area contributed by atoms with E-state index in [1.807, 2.05) is 6.92 Å². The number of rotatable bonds is 7. The standard InChI is InChI=1S/C18H18ClF2NO3/c1-11-9-14(19)5-8-16(11)24-12(2)17(23)22-10-13-3-6-15(7-4-13)25-18(20)21/h3-9,12,18H,10H2,1-2H3,(H,22,23). The van der Waals surface area contributed by atoms with Crippen LogP contribution in [0.15, 0.2) is 42.5 Å². The van der Waals surface area contributed by atoms with Gasteiger partial charge in [0.25, 0.3) is 5.91 Å². The molecule has 0 spiro atoms. The largest absolute Gasteiger partial charge is 0.481 e. The number of nitrogens with one attached hydrogen (secondary N) is 1. The highest BCUT2D eigenvalue weighted by atomic mass is 35.5. The molecule has 25 heavy (non-hydrogen) atoms. The van der Waals surface area contributed by atoms with Crippen molar-refractivity contribution in [3.05, 3.63) is 58.6 Å². The molecular formula is C18H18ClF2NO3. The molecule has 1 N–H and O–H groups in total. The summed E-state index contributed by atoms with van der Waals surface area (Å²) < 4.78 is 34.1. The summed E-state index contributed by atoms with van der Waals surface area (Å²) in [5.74, 6) is 0.364. The summed E-state index contributed by atoms with van der Waals surface area (Å²) in [4.78, 5) is 12.1. The second kappa shape index (κ2) is 8.67. The molecule has 2 aromatic carbocycles. The molecule has 0 aromatic heterocycles. The fourth-order valence-corrected chi connectivity index (χ4v) is 2.34. The van der Waals surface area contributed by atoms with Crippen LogP contribution >= 0.6 is 11.6 Å². The van der Waals surface area contributed by atoms with Gasteiger partial charge in [-0.2, -0.15) is 8.78 Å². The van der Waals surface area contributed by atoms with Crippen molar-refractivity contribution in [3.63, 3.8) is 0 Å². The fraction of sp³-hybridized carbons (Fsp3) is 0.278. The van der Waals surface area contributed by atoms with Crippen molar-refractivity contribution in [1.82, 2.24) is 5.32 Å². The van der Waals surface area contributed by atoms with E-state index in [2.05, 4.69) is 10.1 Å². The Morgan fingerprint density at radius 3 is 2.44 bits per heavy atom. The van der Waals surface area contributed by atoms with Crippen LogP contribution in [0.1, 0.15) is 18.1 Å². The van der Waals surface area contributed by atoms with E-state index in [4.69, 9.17) is 16.3 Å². The Morgan fingerprint density at radius 1 is 1.16 bits per heavy atom. The van der Waals surface area contributed by atoms with Crippen LogP contribution in [0.5, 0.6) is 11.5 Å². The first kappa shape index (κ1) is 19.0. The molecule has 0 heterocycles. The number of carbonyl (C=O) groups excluding carboxylic acids is 1. The van der Waals surface area contributed by atoms with Crippen molar-refractivity contribution in [1.29, 1.82) is 0 Å². The minimum Gasteiger partial charge on any atom is -0.481 e. The van der Waals surface area contributed by atoms with E-state index < -0.39 is 12.7 Å².